The fourth-order valence-electron chi connectivity index (χ4n) is 10.8. The summed E-state index contributed by atoms with van der Waals surface area (Å²) in [6, 6.07) is 77.6. The Kier molecular flexibility index (Phi) is 7.98. The van der Waals surface area contributed by atoms with Crippen molar-refractivity contribution in [3.63, 3.8) is 0 Å². The molecule has 0 aliphatic rings. The van der Waals surface area contributed by atoms with Crippen LogP contribution < -0.4 is 0 Å². The smallest absolute Gasteiger partial charge is 0.164 e. The summed E-state index contributed by atoms with van der Waals surface area (Å²) in [5, 5.41) is 26.3. The summed E-state index contributed by atoms with van der Waals surface area (Å²) >= 11 is 0. The Labute approximate surface area is 384 Å². The first-order valence-corrected chi connectivity index (χ1v) is 22.6. The van der Waals surface area contributed by atoms with Gasteiger partial charge in [0.05, 0.1) is 22.7 Å². The normalized spacial score (nSPS) is 11.9. The fourth-order valence-corrected chi connectivity index (χ4v) is 10.8. The Balaban J connectivity index is 1.09. The van der Waals surface area contributed by atoms with Gasteiger partial charge < -0.3 is 4.57 Å². The third-order valence-corrected chi connectivity index (χ3v) is 13.7. The molecule has 2 aromatic heterocycles. The minimum absolute atomic E-state index is 0.573. The van der Waals surface area contributed by atoms with E-state index < -0.39 is 0 Å². The second-order valence-electron chi connectivity index (χ2n) is 17.4. The molecule has 0 atom stereocenters. The Morgan fingerprint density at radius 2 is 0.866 bits per heavy atom. The van der Waals surface area contributed by atoms with Crippen molar-refractivity contribution in [2.24, 2.45) is 0 Å². The standard InChI is InChI=1S/C62H35N5/c63-36-37-25-27-38(28-26-37)42-14-6-15-44(33-42)60-64-61(66-62(65-60)51-22-10-24-54-59(51)50-18-4-5-23-53(50)67(54)46-16-2-1-3-17-46)45-34-43-32-31-41-12-8-20-48-47-19-7-11-39-29-30-40-13-9-21-49(57(40)55(39)47)52(35-45)58(43)56(41)48/h1-35H. The molecule has 0 amide bonds. The topological polar surface area (TPSA) is 67.4 Å². The molecule has 2 heterocycles. The second kappa shape index (κ2) is 14.4. The van der Waals surface area contributed by atoms with Gasteiger partial charge in [0.25, 0.3) is 0 Å². The number of hydrogen-bond donors (Lipinski definition) is 0. The minimum Gasteiger partial charge on any atom is -0.309 e. The van der Waals surface area contributed by atoms with Crippen molar-refractivity contribution < 1.29 is 0 Å². The first kappa shape index (κ1) is 37.2. The number of fused-ring (bicyclic) bond motifs is 5. The summed E-state index contributed by atoms with van der Waals surface area (Å²) in [5.41, 5.74) is 8.60. The van der Waals surface area contributed by atoms with Gasteiger partial charge in [0.2, 0.25) is 0 Å². The molecule has 0 bridgehead atoms. The molecule has 67 heavy (non-hydrogen) atoms. The van der Waals surface area contributed by atoms with Crippen molar-refractivity contribution in [3.05, 3.63) is 218 Å². The highest BCUT2D eigenvalue weighted by Crippen LogP contribution is 2.45. The number of nitriles is 1. The molecular weight excluding hydrogens is 815 g/mol. The molecule has 0 saturated carbocycles. The van der Waals surface area contributed by atoms with Gasteiger partial charge in [-0.25, -0.2) is 15.0 Å². The highest BCUT2D eigenvalue weighted by atomic mass is 15.0. The molecule has 5 heteroatoms. The molecule has 0 fully saturated rings. The molecule has 0 spiro atoms. The molecule has 0 aliphatic carbocycles. The van der Waals surface area contributed by atoms with E-state index in [9.17, 15) is 5.26 Å². The summed E-state index contributed by atoms with van der Waals surface area (Å²) < 4.78 is 2.33. The van der Waals surface area contributed by atoms with Crippen LogP contribution in [0, 0.1) is 11.3 Å². The van der Waals surface area contributed by atoms with E-state index in [1.807, 2.05) is 24.3 Å². The lowest BCUT2D eigenvalue weighted by atomic mass is 9.87. The van der Waals surface area contributed by atoms with Crippen LogP contribution in [0.3, 0.4) is 0 Å². The minimum atomic E-state index is 0.573. The summed E-state index contributed by atoms with van der Waals surface area (Å²) in [5.74, 6) is 1.75. The van der Waals surface area contributed by atoms with Crippen LogP contribution >= 0.6 is 0 Å². The molecule has 5 nitrogen and oxygen atoms in total. The maximum Gasteiger partial charge on any atom is 0.164 e. The Morgan fingerprint density at radius 1 is 0.328 bits per heavy atom. The van der Waals surface area contributed by atoms with Gasteiger partial charge in [0.15, 0.2) is 17.5 Å². The van der Waals surface area contributed by atoms with Crippen LogP contribution in [0.25, 0.3) is 137 Å². The van der Waals surface area contributed by atoms with Crippen LogP contribution in [0.1, 0.15) is 5.56 Å². The Bertz CT molecular complexity index is 4380. The van der Waals surface area contributed by atoms with E-state index in [0.29, 0.717) is 23.0 Å². The molecule has 308 valence electrons. The summed E-state index contributed by atoms with van der Waals surface area (Å²) in [7, 11) is 0. The van der Waals surface area contributed by atoms with Crippen molar-refractivity contribution in [1.29, 1.82) is 5.26 Å². The van der Waals surface area contributed by atoms with Crippen LogP contribution in [0.15, 0.2) is 212 Å². The number of rotatable bonds is 5. The van der Waals surface area contributed by atoms with Crippen LogP contribution in [-0.4, -0.2) is 19.5 Å². The quantitative estimate of drug-likeness (QED) is 0.162. The second-order valence-corrected chi connectivity index (χ2v) is 17.4. The molecule has 0 aliphatic heterocycles. The van der Waals surface area contributed by atoms with Crippen LogP contribution in [0.5, 0.6) is 0 Å². The summed E-state index contributed by atoms with van der Waals surface area (Å²) in [6.07, 6.45) is 0. The number of nitrogens with zero attached hydrogens (tertiary/aromatic N) is 5. The van der Waals surface area contributed by atoms with Crippen molar-refractivity contribution in [1.82, 2.24) is 19.5 Å². The molecule has 0 unspecified atom stereocenters. The highest BCUT2D eigenvalue weighted by Gasteiger charge is 2.22. The third-order valence-electron chi connectivity index (χ3n) is 13.7. The van der Waals surface area contributed by atoms with Crippen molar-refractivity contribution in [2.75, 3.05) is 0 Å². The largest absolute Gasteiger partial charge is 0.309 e. The average molecular weight is 850 g/mol. The maximum atomic E-state index is 9.52. The number of aromatic nitrogens is 4. The lowest BCUT2D eigenvalue weighted by Gasteiger charge is -2.17. The number of para-hydroxylation sites is 2. The van der Waals surface area contributed by atoms with Crippen LogP contribution in [0.2, 0.25) is 0 Å². The van der Waals surface area contributed by atoms with E-state index in [1.165, 1.54) is 53.9 Å². The van der Waals surface area contributed by atoms with Crippen molar-refractivity contribution in [3.8, 4) is 57.0 Å². The predicted octanol–water partition coefficient (Wildman–Crippen LogP) is 15.9. The SMILES string of the molecule is N#Cc1ccc(-c2cccc(-c3nc(-c4cc5ccc6cccc7c8cccc9ccc%10cccc(c(c4)c5c67)c%10c98)nc(-c4cccc5c4c4ccccc4n5-c4ccccc4)n3)c2)cc1. The van der Waals surface area contributed by atoms with Gasteiger partial charge >= 0.3 is 0 Å². The molecule has 0 radical (unpaired) electrons. The lowest BCUT2D eigenvalue weighted by Crippen LogP contribution is -2.01. The maximum absolute atomic E-state index is 9.52. The first-order valence-electron chi connectivity index (χ1n) is 22.6. The van der Waals surface area contributed by atoms with Gasteiger partial charge in [-0.15, -0.1) is 0 Å². The summed E-state index contributed by atoms with van der Waals surface area (Å²) in [6.45, 7) is 0. The van der Waals surface area contributed by atoms with E-state index in [2.05, 4.69) is 199 Å². The molecule has 14 aromatic rings. The van der Waals surface area contributed by atoms with Crippen LogP contribution in [-0.2, 0) is 0 Å². The van der Waals surface area contributed by atoms with Gasteiger partial charge in [0, 0.05) is 33.2 Å². The van der Waals surface area contributed by atoms with Gasteiger partial charge in [-0.1, -0.05) is 158 Å². The summed E-state index contributed by atoms with van der Waals surface area (Å²) in [4.78, 5) is 16.3. The zero-order valence-corrected chi connectivity index (χ0v) is 35.9. The van der Waals surface area contributed by atoms with Crippen LogP contribution in [0.4, 0.5) is 0 Å². The first-order chi connectivity index (χ1) is 33.2. The van der Waals surface area contributed by atoms with Crippen molar-refractivity contribution >= 4 is 86.4 Å². The highest BCUT2D eigenvalue weighted by molar-refractivity contribution is 6.37. The van der Waals surface area contributed by atoms with Crippen molar-refractivity contribution in [2.45, 2.75) is 0 Å². The Hall–Kier alpha value is -9.24. The predicted molar refractivity (Wildman–Crippen MR) is 277 cm³/mol. The number of hydrogen-bond acceptors (Lipinski definition) is 4. The zero-order chi connectivity index (χ0) is 44.2. The van der Waals surface area contributed by atoms with Gasteiger partial charge in [-0.05, 0) is 130 Å². The van der Waals surface area contributed by atoms with Gasteiger partial charge in [-0.3, -0.25) is 0 Å². The van der Waals surface area contributed by atoms with E-state index in [-0.39, 0.29) is 0 Å². The number of benzene rings is 11. The van der Waals surface area contributed by atoms with Gasteiger partial charge in [-0.2, -0.15) is 5.26 Å². The molecular formula is C62H35N5. The van der Waals surface area contributed by atoms with E-state index in [4.69, 9.17) is 15.0 Å². The van der Waals surface area contributed by atoms with E-state index in [0.717, 1.165) is 66.1 Å². The third kappa shape index (κ3) is 5.64. The fraction of sp³-hybridized carbons (Fsp3) is 0. The molecule has 0 N–H and O–H groups in total. The molecule has 12 aromatic carbocycles. The van der Waals surface area contributed by atoms with E-state index >= 15 is 0 Å². The molecule has 0 saturated heterocycles. The lowest BCUT2D eigenvalue weighted by molar-refractivity contribution is 1.08. The Morgan fingerprint density at radius 3 is 1.57 bits per heavy atom. The average Bonchev–Trinajstić information content (AvgIpc) is 3.74. The molecule has 14 rings (SSSR count). The monoisotopic (exact) mass is 849 g/mol. The van der Waals surface area contributed by atoms with E-state index in [1.54, 1.807) is 0 Å². The van der Waals surface area contributed by atoms with Gasteiger partial charge in [0.1, 0.15) is 0 Å². The zero-order valence-electron chi connectivity index (χ0n) is 35.9.